The normalized spacial score (nSPS) is 33.2. The molecule has 2 atom stereocenters. The molecule has 1 aliphatic carbocycles. The van der Waals surface area contributed by atoms with E-state index in [0.29, 0.717) is 12.0 Å². The highest BCUT2D eigenvalue weighted by Gasteiger charge is 2.42. The van der Waals surface area contributed by atoms with Gasteiger partial charge in [0.05, 0.1) is 12.0 Å². The maximum absolute atomic E-state index is 10.5. The summed E-state index contributed by atoms with van der Waals surface area (Å²) >= 11 is 0. The number of hydrogen-bond acceptors (Lipinski definition) is 2. The summed E-state index contributed by atoms with van der Waals surface area (Å²) < 4.78 is 0. The lowest BCUT2D eigenvalue weighted by Gasteiger charge is -2.29. The predicted molar refractivity (Wildman–Crippen MR) is 49.4 cm³/mol. The Kier molecular flexibility index (Phi) is 2.76. The van der Waals surface area contributed by atoms with Crippen molar-refractivity contribution >= 4 is 5.97 Å². The van der Waals surface area contributed by atoms with Crippen molar-refractivity contribution in [1.29, 1.82) is 0 Å². The lowest BCUT2D eigenvalue weighted by molar-refractivity contribution is -0.139. The summed E-state index contributed by atoms with van der Waals surface area (Å²) in [5, 5.41) is 18.8. The Balaban J connectivity index is 2.73. The lowest BCUT2D eigenvalue weighted by Crippen LogP contribution is -2.35. The molecule has 0 amide bonds. The van der Waals surface area contributed by atoms with Crippen LogP contribution in [-0.4, -0.2) is 21.8 Å². The number of carboxylic acid groups (broad SMARTS) is 1. The monoisotopic (exact) mass is 184 g/mol. The van der Waals surface area contributed by atoms with Crippen LogP contribution in [0.4, 0.5) is 0 Å². The van der Waals surface area contributed by atoms with Crippen LogP contribution < -0.4 is 0 Å². The average Bonchev–Trinajstić information content (AvgIpc) is 2.33. The molecular formula is C10H16O3. The van der Waals surface area contributed by atoms with Crippen LogP contribution in [0.25, 0.3) is 0 Å². The molecular weight excluding hydrogens is 168 g/mol. The van der Waals surface area contributed by atoms with Gasteiger partial charge in [0.15, 0.2) is 0 Å². The molecule has 2 N–H and O–H groups in total. The summed E-state index contributed by atoms with van der Waals surface area (Å²) in [7, 11) is 0. The first-order valence-electron chi connectivity index (χ1n) is 4.57. The van der Waals surface area contributed by atoms with E-state index in [2.05, 4.69) is 6.58 Å². The summed E-state index contributed by atoms with van der Waals surface area (Å²) in [5.74, 6) is -0.992. The van der Waals surface area contributed by atoms with Gasteiger partial charge < -0.3 is 10.2 Å². The molecule has 0 aromatic heterocycles. The van der Waals surface area contributed by atoms with Gasteiger partial charge in [-0.3, -0.25) is 4.79 Å². The fraction of sp³-hybridized carbons (Fsp3) is 0.700. The smallest absolute Gasteiger partial charge is 0.303 e. The van der Waals surface area contributed by atoms with Crippen molar-refractivity contribution in [3.05, 3.63) is 12.2 Å². The van der Waals surface area contributed by atoms with Crippen LogP contribution in [0, 0.1) is 5.92 Å². The van der Waals surface area contributed by atoms with Crippen molar-refractivity contribution in [2.75, 3.05) is 0 Å². The van der Waals surface area contributed by atoms with E-state index in [1.165, 1.54) is 0 Å². The third kappa shape index (κ3) is 1.91. The summed E-state index contributed by atoms with van der Waals surface area (Å²) in [6.07, 6.45) is 2.38. The third-order valence-electron chi connectivity index (χ3n) is 2.95. The fourth-order valence-corrected chi connectivity index (χ4v) is 2.10. The van der Waals surface area contributed by atoms with Crippen LogP contribution in [-0.2, 0) is 4.79 Å². The molecule has 0 saturated heterocycles. The van der Waals surface area contributed by atoms with Crippen molar-refractivity contribution in [2.24, 2.45) is 5.92 Å². The van der Waals surface area contributed by atoms with E-state index in [9.17, 15) is 9.90 Å². The number of aliphatic carboxylic acids is 1. The number of hydrogen-bond donors (Lipinski definition) is 2. The van der Waals surface area contributed by atoms with Gasteiger partial charge in [0.25, 0.3) is 0 Å². The number of aliphatic hydroxyl groups is 1. The van der Waals surface area contributed by atoms with Crippen molar-refractivity contribution in [3.63, 3.8) is 0 Å². The van der Waals surface area contributed by atoms with E-state index in [4.69, 9.17) is 5.11 Å². The van der Waals surface area contributed by atoms with Crippen molar-refractivity contribution < 1.29 is 15.0 Å². The van der Waals surface area contributed by atoms with E-state index in [1.807, 2.05) is 0 Å². The zero-order chi connectivity index (χ0) is 10.1. The van der Waals surface area contributed by atoms with Crippen LogP contribution in [0.2, 0.25) is 0 Å². The zero-order valence-corrected chi connectivity index (χ0v) is 7.92. The molecule has 0 radical (unpaired) electrons. The van der Waals surface area contributed by atoms with Crippen LogP contribution in [0.15, 0.2) is 12.2 Å². The molecule has 0 heterocycles. The topological polar surface area (TPSA) is 57.5 Å². The van der Waals surface area contributed by atoms with Crippen LogP contribution in [0.1, 0.15) is 32.6 Å². The van der Waals surface area contributed by atoms with Crippen molar-refractivity contribution in [3.8, 4) is 0 Å². The van der Waals surface area contributed by atoms with Gasteiger partial charge in [-0.25, -0.2) is 0 Å². The van der Waals surface area contributed by atoms with Crippen LogP contribution in [0.5, 0.6) is 0 Å². The standard InChI is InChI=1S/C10H16O3/c1-7(2)10(13)5-3-4-8(10)6-9(11)12/h8,13H,1,3-6H2,2H3,(H,11,12). The van der Waals surface area contributed by atoms with Gasteiger partial charge >= 0.3 is 5.97 Å². The lowest BCUT2D eigenvalue weighted by atomic mass is 9.83. The Labute approximate surface area is 78.1 Å². The second-order valence-electron chi connectivity index (χ2n) is 3.89. The van der Waals surface area contributed by atoms with Gasteiger partial charge in [0, 0.05) is 5.92 Å². The number of carbonyl (C=O) groups is 1. The molecule has 0 aliphatic heterocycles. The molecule has 2 unspecified atom stereocenters. The second-order valence-corrected chi connectivity index (χ2v) is 3.89. The first kappa shape index (κ1) is 10.3. The minimum atomic E-state index is -0.932. The van der Waals surface area contributed by atoms with Gasteiger partial charge in [-0.1, -0.05) is 6.58 Å². The van der Waals surface area contributed by atoms with E-state index >= 15 is 0 Å². The second kappa shape index (κ2) is 3.50. The molecule has 13 heavy (non-hydrogen) atoms. The summed E-state index contributed by atoms with van der Waals surface area (Å²) in [6.45, 7) is 5.49. The molecule has 0 aromatic rings. The number of rotatable bonds is 3. The Hall–Kier alpha value is -0.830. The van der Waals surface area contributed by atoms with Gasteiger partial charge in [-0.05, 0) is 31.8 Å². The zero-order valence-electron chi connectivity index (χ0n) is 7.92. The van der Waals surface area contributed by atoms with Gasteiger partial charge in [-0.15, -0.1) is 0 Å². The Morgan fingerprint density at radius 1 is 1.69 bits per heavy atom. The molecule has 74 valence electrons. The minimum Gasteiger partial charge on any atom is -0.481 e. The largest absolute Gasteiger partial charge is 0.481 e. The molecule has 1 rings (SSSR count). The quantitative estimate of drug-likeness (QED) is 0.654. The molecule has 3 nitrogen and oxygen atoms in total. The maximum Gasteiger partial charge on any atom is 0.303 e. The van der Waals surface area contributed by atoms with Gasteiger partial charge in [0.1, 0.15) is 0 Å². The molecule has 1 aliphatic rings. The Morgan fingerprint density at radius 2 is 2.31 bits per heavy atom. The number of carboxylic acids is 1. The van der Waals surface area contributed by atoms with Crippen LogP contribution in [0.3, 0.4) is 0 Å². The predicted octanol–water partition coefficient (Wildman–Crippen LogP) is 1.57. The van der Waals surface area contributed by atoms with Crippen LogP contribution >= 0.6 is 0 Å². The fourth-order valence-electron chi connectivity index (χ4n) is 2.10. The Morgan fingerprint density at radius 3 is 2.77 bits per heavy atom. The molecule has 0 spiro atoms. The highest BCUT2D eigenvalue weighted by Crippen LogP contribution is 2.41. The maximum atomic E-state index is 10.5. The molecule has 1 fully saturated rings. The molecule has 0 bridgehead atoms. The van der Waals surface area contributed by atoms with Crippen molar-refractivity contribution in [2.45, 2.75) is 38.2 Å². The molecule has 1 saturated carbocycles. The SMILES string of the molecule is C=C(C)C1(O)CCCC1CC(=O)O. The third-order valence-corrected chi connectivity index (χ3v) is 2.95. The summed E-state index contributed by atoms with van der Waals surface area (Å²) in [4.78, 5) is 10.5. The molecule has 0 aromatic carbocycles. The minimum absolute atomic E-state index is 0.0450. The van der Waals surface area contributed by atoms with E-state index in [-0.39, 0.29) is 12.3 Å². The van der Waals surface area contributed by atoms with Crippen molar-refractivity contribution in [1.82, 2.24) is 0 Å². The Bertz CT molecular complexity index is 234. The highest BCUT2D eigenvalue weighted by atomic mass is 16.4. The first-order valence-corrected chi connectivity index (χ1v) is 4.57. The molecule has 3 heteroatoms. The van der Waals surface area contributed by atoms with Gasteiger partial charge in [0.2, 0.25) is 0 Å². The summed E-state index contributed by atoms with van der Waals surface area (Å²) in [6, 6.07) is 0. The van der Waals surface area contributed by atoms with E-state index < -0.39 is 11.6 Å². The van der Waals surface area contributed by atoms with E-state index in [0.717, 1.165) is 12.8 Å². The average molecular weight is 184 g/mol. The first-order chi connectivity index (χ1) is 5.97. The summed E-state index contributed by atoms with van der Waals surface area (Å²) in [5.41, 5.74) is -0.241. The van der Waals surface area contributed by atoms with Gasteiger partial charge in [-0.2, -0.15) is 0 Å². The van der Waals surface area contributed by atoms with E-state index in [1.54, 1.807) is 6.92 Å². The highest BCUT2D eigenvalue weighted by molar-refractivity contribution is 5.67.